The van der Waals surface area contributed by atoms with E-state index in [1.807, 2.05) is 74.1 Å². The van der Waals surface area contributed by atoms with E-state index in [9.17, 15) is 4.79 Å². The van der Waals surface area contributed by atoms with Crippen LogP contribution in [0.3, 0.4) is 0 Å². The molecule has 0 spiro atoms. The number of nitrogens with one attached hydrogen (secondary N) is 1. The van der Waals surface area contributed by atoms with Gasteiger partial charge in [-0.1, -0.05) is 30.3 Å². The number of hydrogen-bond donors (Lipinski definition) is 1. The zero-order valence-corrected chi connectivity index (χ0v) is 14.6. The Labute approximate surface area is 146 Å². The van der Waals surface area contributed by atoms with Gasteiger partial charge < -0.3 is 9.30 Å². The smallest absolute Gasteiger partial charge is 0.277 e. The first-order valence-corrected chi connectivity index (χ1v) is 8.11. The summed E-state index contributed by atoms with van der Waals surface area (Å²) < 4.78 is 7.60. The molecule has 25 heavy (non-hydrogen) atoms. The number of amides is 1. The van der Waals surface area contributed by atoms with Gasteiger partial charge >= 0.3 is 0 Å². The summed E-state index contributed by atoms with van der Waals surface area (Å²) in [5, 5.41) is 5.13. The van der Waals surface area contributed by atoms with E-state index < -0.39 is 0 Å². The number of hydrazone groups is 1. The van der Waals surface area contributed by atoms with E-state index in [1.54, 1.807) is 6.21 Å². The van der Waals surface area contributed by atoms with Gasteiger partial charge in [-0.15, -0.1) is 0 Å². The highest BCUT2D eigenvalue weighted by molar-refractivity contribution is 5.99. The van der Waals surface area contributed by atoms with E-state index in [0.29, 0.717) is 5.75 Å². The van der Waals surface area contributed by atoms with Gasteiger partial charge in [0.15, 0.2) is 6.61 Å². The number of ether oxygens (including phenoxy) is 1. The van der Waals surface area contributed by atoms with Crippen molar-refractivity contribution in [3.8, 4) is 5.75 Å². The van der Waals surface area contributed by atoms with Crippen LogP contribution in [0.2, 0.25) is 0 Å². The molecule has 0 radical (unpaired) electrons. The Bertz CT molecular complexity index is 941. The second kappa shape index (κ2) is 7.21. The zero-order valence-electron chi connectivity index (χ0n) is 14.6. The Morgan fingerprint density at radius 2 is 2.00 bits per heavy atom. The summed E-state index contributed by atoms with van der Waals surface area (Å²) >= 11 is 0. The lowest BCUT2D eigenvalue weighted by Crippen LogP contribution is -2.24. The SMILES string of the molecule is Cc1cccc(OCC(=O)N/N=C\c2cn(C)c3ccccc23)c1C. The number of rotatable bonds is 5. The molecule has 0 aliphatic rings. The molecule has 0 unspecified atom stereocenters. The Balaban J connectivity index is 1.60. The van der Waals surface area contributed by atoms with E-state index in [2.05, 4.69) is 10.5 Å². The molecule has 1 amide bonds. The fraction of sp³-hybridized carbons (Fsp3) is 0.200. The predicted octanol–water partition coefficient (Wildman–Crippen LogP) is 3.32. The highest BCUT2D eigenvalue weighted by Crippen LogP contribution is 2.20. The number of carbonyl (C=O) groups excluding carboxylic acids is 1. The van der Waals surface area contributed by atoms with E-state index in [4.69, 9.17) is 4.74 Å². The van der Waals surface area contributed by atoms with Crippen molar-refractivity contribution in [2.24, 2.45) is 12.1 Å². The van der Waals surface area contributed by atoms with Crippen LogP contribution < -0.4 is 10.2 Å². The average molecular weight is 335 g/mol. The molecule has 1 N–H and O–H groups in total. The molecule has 0 aliphatic carbocycles. The van der Waals surface area contributed by atoms with Crippen molar-refractivity contribution in [2.75, 3.05) is 6.61 Å². The van der Waals surface area contributed by atoms with Crippen molar-refractivity contribution < 1.29 is 9.53 Å². The maximum absolute atomic E-state index is 11.9. The second-order valence-electron chi connectivity index (χ2n) is 5.99. The van der Waals surface area contributed by atoms with Crippen LogP contribution in [0.25, 0.3) is 10.9 Å². The topological polar surface area (TPSA) is 55.6 Å². The monoisotopic (exact) mass is 335 g/mol. The molecule has 5 nitrogen and oxygen atoms in total. The van der Waals surface area contributed by atoms with Crippen LogP contribution >= 0.6 is 0 Å². The molecule has 3 rings (SSSR count). The average Bonchev–Trinajstić information content (AvgIpc) is 2.93. The summed E-state index contributed by atoms with van der Waals surface area (Å²) in [7, 11) is 1.98. The highest BCUT2D eigenvalue weighted by Gasteiger charge is 2.06. The zero-order chi connectivity index (χ0) is 17.8. The number of para-hydroxylation sites is 1. The largest absolute Gasteiger partial charge is 0.483 e. The number of fused-ring (bicyclic) bond motifs is 1. The molecule has 3 aromatic rings. The summed E-state index contributed by atoms with van der Waals surface area (Å²) in [5.74, 6) is 0.422. The van der Waals surface area contributed by atoms with Gasteiger partial charge in [0, 0.05) is 29.7 Å². The number of benzene rings is 2. The molecule has 0 fully saturated rings. The normalized spacial score (nSPS) is 11.2. The molecule has 0 saturated carbocycles. The molecule has 128 valence electrons. The molecule has 5 heteroatoms. The maximum atomic E-state index is 11.9. The highest BCUT2D eigenvalue weighted by atomic mass is 16.5. The first-order valence-electron chi connectivity index (χ1n) is 8.11. The molecule has 1 heterocycles. The van der Waals surface area contributed by atoms with Gasteiger partial charge in [0.2, 0.25) is 0 Å². The van der Waals surface area contributed by atoms with Crippen molar-refractivity contribution in [1.82, 2.24) is 9.99 Å². The minimum atomic E-state index is -0.294. The number of aromatic nitrogens is 1. The van der Waals surface area contributed by atoms with Crippen LogP contribution in [0.1, 0.15) is 16.7 Å². The van der Waals surface area contributed by atoms with Crippen LogP contribution in [-0.2, 0) is 11.8 Å². The van der Waals surface area contributed by atoms with E-state index >= 15 is 0 Å². The standard InChI is InChI=1S/C20H21N3O2/c1-14-7-6-10-19(15(14)2)25-13-20(24)22-21-11-16-12-23(3)18-9-5-4-8-17(16)18/h4-12H,13H2,1-3H3,(H,22,24)/b21-11-. The fourth-order valence-electron chi connectivity index (χ4n) is 2.71. The maximum Gasteiger partial charge on any atom is 0.277 e. The van der Waals surface area contributed by atoms with Crippen molar-refractivity contribution in [1.29, 1.82) is 0 Å². The fourth-order valence-corrected chi connectivity index (χ4v) is 2.71. The molecular formula is C20H21N3O2. The third-order valence-corrected chi connectivity index (χ3v) is 4.23. The van der Waals surface area contributed by atoms with Crippen LogP contribution in [0.5, 0.6) is 5.75 Å². The van der Waals surface area contributed by atoms with Crippen LogP contribution in [0.4, 0.5) is 0 Å². The van der Waals surface area contributed by atoms with Gasteiger partial charge in [-0.25, -0.2) is 5.43 Å². The number of aryl methyl sites for hydroxylation is 2. The van der Waals surface area contributed by atoms with Crippen LogP contribution in [0.15, 0.2) is 53.8 Å². The van der Waals surface area contributed by atoms with Crippen molar-refractivity contribution >= 4 is 23.0 Å². The van der Waals surface area contributed by atoms with Crippen molar-refractivity contribution in [2.45, 2.75) is 13.8 Å². The van der Waals surface area contributed by atoms with Gasteiger partial charge in [0.05, 0.1) is 6.21 Å². The van der Waals surface area contributed by atoms with Gasteiger partial charge in [-0.05, 0) is 37.1 Å². The molecule has 0 bridgehead atoms. The lowest BCUT2D eigenvalue weighted by Gasteiger charge is -2.09. The van der Waals surface area contributed by atoms with Gasteiger partial charge in [-0.2, -0.15) is 5.10 Å². The summed E-state index contributed by atoms with van der Waals surface area (Å²) in [5.41, 5.74) is 6.75. The number of hydrogen-bond acceptors (Lipinski definition) is 3. The molecule has 0 atom stereocenters. The first-order chi connectivity index (χ1) is 12.1. The van der Waals surface area contributed by atoms with Crippen molar-refractivity contribution in [3.63, 3.8) is 0 Å². The lowest BCUT2D eigenvalue weighted by molar-refractivity contribution is -0.123. The van der Waals surface area contributed by atoms with E-state index in [1.165, 1.54) is 0 Å². The summed E-state index contributed by atoms with van der Waals surface area (Å²) in [6.07, 6.45) is 3.63. The Morgan fingerprint density at radius 1 is 1.20 bits per heavy atom. The summed E-state index contributed by atoms with van der Waals surface area (Å²) in [6.45, 7) is 3.91. The molecular weight excluding hydrogens is 314 g/mol. The number of nitrogens with zero attached hydrogens (tertiary/aromatic N) is 2. The van der Waals surface area contributed by atoms with Gasteiger partial charge in [-0.3, -0.25) is 4.79 Å². The summed E-state index contributed by atoms with van der Waals surface area (Å²) in [6, 6.07) is 13.8. The van der Waals surface area contributed by atoms with Crippen LogP contribution in [-0.4, -0.2) is 23.3 Å². The first kappa shape index (κ1) is 16.8. The molecule has 0 saturated heterocycles. The van der Waals surface area contributed by atoms with Gasteiger partial charge in [0.1, 0.15) is 5.75 Å². The molecule has 2 aromatic carbocycles. The Morgan fingerprint density at radius 3 is 2.84 bits per heavy atom. The van der Waals surface area contributed by atoms with E-state index in [-0.39, 0.29) is 12.5 Å². The summed E-state index contributed by atoms with van der Waals surface area (Å²) in [4.78, 5) is 11.9. The number of carbonyl (C=O) groups is 1. The van der Waals surface area contributed by atoms with Crippen LogP contribution in [0, 0.1) is 13.8 Å². The second-order valence-corrected chi connectivity index (χ2v) is 5.99. The molecule has 0 aliphatic heterocycles. The minimum Gasteiger partial charge on any atom is -0.483 e. The lowest BCUT2D eigenvalue weighted by atomic mass is 10.1. The van der Waals surface area contributed by atoms with Gasteiger partial charge in [0.25, 0.3) is 5.91 Å². The minimum absolute atomic E-state index is 0.0723. The predicted molar refractivity (Wildman–Crippen MR) is 100 cm³/mol. The quantitative estimate of drug-likeness (QED) is 0.574. The third-order valence-electron chi connectivity index (χ3n) is 4.23. The van der Waals surface area contributed by atoms with Crippen molar-refractivity contribution in [3.05, 3.63) is 65.4 Å². The molecule has 1 aromatic heterocycles. The third kappa shape index (κ3) is 3.71. The Kier molecular flexibility index (Phi) is 4.84. The van der Waals surface area contributed by atoms with E-state index in [0.717, 1.165) is 27.6 Å². The Hall–Kier alpha value is -3.08.